The van der Waals surface area contributed by atoms with Crippen LogP contribution in [0.1, 0.15) is 15.9 Å². The van der Waals surface area contributed by atoms with Gasteiger partial charge in [-0.15, -0.1) is 0 Å². The molecule has 0 spiro atoms. The number of carbonyl (C=O) groups excluding carboxylic acids is 1. The van der Waals surface area contributed by atoms with Crippen LogP contribution in [0.3, 0.4) is 0 Å². The van der Waals surface area contributed by atoms with Gasteiger partial charge in [0, 0.05) is 25.0 Å². The molecule has 1 amide bonds. The molecule has 1 aromatic carbocycles. The molecule has 0 atom stereocenters. The molecule has 0 saturated carbocycles. The lowest BCUT2D eigenvalue weighted by Gasteiger charge is -2.10. The van der Waals surface area contributed by atoms with Gasteiger partial charge in [0.2, 0.25) is 0 Å². The second-order valence-corrected chi connectivity index (χ2v) is 4.32. The molecule has 0 saturated heterocycles. The van der Waals surface area contributed by atoms with E-state index in [0.29, 0.717) is 30.0 Å². The molecule has 6 nitrogen and oxygen atoms in total. The molecule has 0 aliphatic heterocycles. The number of aromatic nitrogens is 2. The van der Waals surface area contributed by atoms with Crippen LogP contribution in [0.2, 0.25) is 0 Å². The number of nitrogens with zero attached hydrogens (tertiary/aromatic N) is 2. The third kappa shape index (κ3) is 3.92. The fourth-order valence-electron chi connectivity index (χ4n) is 1.86. The van der Waals surface area contributed by atoms with E-state index in [1.807, 2.05) is 0 Å². The average molecular weight is 287 g/mol. The van der Waals surface area contributed by atoms with Crippen LogP contribution in [0, 0.1) is 0 Å². The van der Waals surface area contributed by atoms with E-state index in [2.05, 4.69) is 15.3 Å². The molecular formula is C15H17N3O3. The lowest BCUT2D eigenvalue weighted by molar-refractivity contribution is 0.0951. The van der Waals surface area contributed by atoms with Gasteiger partial charge in [-0.25, -0.2) is 9.97 Å². The fraction of sp³-hybridized carbons (Fsp3) is 0.267. The smallest absolute Gasteiger partial charge is 0.255 e. The Kier molecular flexibility index (Phi) is 5.09. The van der Waals surface area contributed by atoms with Gasteiger partial charge in [-0.05, 0) is 24.1 Å². The number of amides is 1. The van der Waals surface area contributed by atoms with Crippen molar-refractivity contribution in [3.63, 3.8) is 0 Å². The van der Waals surface area contributed by atoms with E-state index in [1.54, 1.807) is 37.7 Å². The second kappa shape index (κ2) is 7.23. The molecule has 1 heterocycles. The Morgan fingerprint density at radius 1 is 1.19 bits per heavy atom. The largest absolute Gasteiger partial charge is 0.497 e. The summed E-state index contributed by atoms with van der Waals surface area (Å²) in [4.78, 5) is 20.0. The predicted molar refractivity (Wildman–Crippen MR) is 77.6 cm³/mol. The molecule has 1 N–H and O–H groups in total. The molecule has 0 aliphatic rings. The summed E-state index contributed by atoms with van der Waals surface area (Å²) in [6.07, 6.45) is 5.61. The van der Waals surface area contributed by atoms with Gasteiger partial charge in [0.25, 0.3) is 5.91 Å². The number of carbonyl (C=O) groups is 1. The zero-order valence-electron chi connectivity index (χ0n) is 12.0. The first kappa shape index (κ1) is 14.8. The summed E-state index contributed by atoms with van der Waals surface area (Å²) in [5.41, 5.74) is 1.45. The predicted octanol–water partition coefficient (Wildman–Crippen LogP) is 1.47. The van der Waals surface area contributed by atoms with E-state index >= 15 is 0 Å². The van der Waals surface area contributed by atoms with Crippen LogP contribution >= 0.6 is 0 Å². The van der Waals surface area contributed by atoms with Gasteiger partial charge in [0.15, 0.2) is 0 Å². The Morgan fingerprint density at radius 2 is 1.95 bits per heavy atom. The number of methoxy groups -OCH3 is 2. The Balaban J connectivity index is 1.97. The SMILES string of the molecule is COc1ccc(C(=O)NCCc2cncnc2)c(OC)c1. The minimum atomic E-state index is -0.189. The van der Waals surface area contributed by atoms with E-state index in [0.717, 1.165) is 5.56 Å². The van der Waals surface area contributed by atoms with E-state index in [9.17, 15) is 4.79 Å². The monoisotopic (exact) mass is 287 g/mol. The van der Waals surface area contributed by atoms with Crippen molar-refractivity contribution in [1.29, 1.82) is 0 Å². The van der Waals surface area contributed by atoms with E-state index in [-0.39, 0.29) is 5.91 Å². The number of ether oxygens (including phenoxy) is 2. The lowest BCUT2D eigenvalue weighted by Crippen LogP contribution is -2.26. The summed E-state index contributed by atoms with van der Waals surface area (Å²) in [6.45, 7) is 0.501. The molecule has 6 heteroatoms. The van der Waals surface area contributed by atoms with Crippen molar-refractivity contribution in [2.45, 2.75) is 6.42 Å². The van der Waals surface area contributed by atoms with Crippen LogP contribution in [0.5, 0.6) is 11.5 Å². The minimum absolute atomic E-state index is 0.189. The van der Waals surface area contributed by atoms with Gasteiger partial charge in [-0.3, -0.25) is 4.79 Å². The molecule has 21 heavy (non-hydrogen) atoms. The maximum absolute atomic E-state index is 12.2. The van der Waals surface area contributed by atoms with Gasteiger partial charge < -0.3 is 14.8 Å². The van der Waals surface area contributed by atoms with Crippen LogP contribution in [-0.2, 0) is 6.42 Å². The number of rotatable bonds is 6. The van der Waals surface area contributed by atoms with E-state index in [4.69, 9.17) is 9.47 Å². The third-order valence-electron chi connectivity index (χ3n) is 2.97. The molecule has 1 aromatic heterocycles. The molecule has 0 fully saturated rings. The average Bonchev–Trinajstić information content (AvgIpc) is 2.55. The summed E-state index contributed by atoms with van der Waals surface area (Å²) in [5, 5.41) is 2.84. The van der Waals surface area contributed by atoms with Crippen molar-refractivity contribution in [3.05, 3.63) is 48.0 Å². The summed E-state index contributed by atoms with van der Waals surface area (Å²) in [5.74, 6) is 0.936. The molecule has 110 valence electrons. The van der Waals surface area contributed by atoms with Crippen molar-refractivity contribution in [2.24, 2.45) is 0 Å². The van der Waals surface area contributed by atoms with Crippen LogP contribution in [0.25, 0.3) is 0 Å². The maximum Gasteiger partial charge on any atom is 0.255 e. The maximum atomic E-state index is 12.2. The number of hydrogen-bond acceptors (Lipinski definition) is 5. The Bertz CT molecular complexity index is 602. The molecule has 0 unspecified atom stereocenters. The molecular weight excluding hydrogens is 270 g/mol. The van der Waals surface area contributed by atoms with Gasteiger partial charge >= 0.3 is 0 Å². The van der Waals surface area contributed by atoms with Crippen LogP contribution in [-0.4, -0.2) is 36.6 Å². The van der Waals surface area contributed by atoms with Crippen molar-refractivity contribution < 1.29 is 14.3 Å². The third-order valence-corrected chi connectivity index (χ3v) is 2.97. The first-order chi connectivity index (χ1) is 10.2. The highest BCUT2D eigenvalue weighted by atomic mass is 16.5. The zero-order chi connectivity index (χ0) is 15.1. The first-order valence-corrected chi connectivity index (χ1v) is 6.48. The summed E-state index contributed by atoms with van der Waals surface area (Å²) in [6, 6.07) is 5.08. The Morgan fingerprint density at radius 3 is 2.62 bits per heavy atom. The highest BCUT2D eigenvalue weighted by molar-refractivity contribution is 5.97. The van der Waals surface area contributed by atoms with Gasteiger partial charge in [0.1, 0.15) is 17.8 Å². The highest BCUT2D eigenvalue weighted by Crippen LogP contribution is 2.24. The lowest BCUT2D eigenvalue weighted by atomic mass is 10.1. The number of hydrogen-bond donors (Lipinski definition) is 1. The molecule has 0 radical (unpaired) electrons. The van der Waals surface area contributed by atoms with Crippen molar-refractivity contribution >= 4 is 5.91 Å². The van der Waals surface area contributed by atoms with Crippen molar-refractivity contribution in [2.75, 3.05) is 20.8 Å². The highest BCUT2D eigenvalue weighted by Gasteiger charge is 2.12. The standard InChI is InChI=1S/C15H17N3O3/c1-20-12-3-4-13(14(7-12)21-2)15(19)18-6-5-11-8-16-10-17-9-11/h3-4,7-10H,5-6H2,1-2H3,(H,18,19). The Labute approximate surface area is 123 Å². The molecule has 0 bridgehead atoms. The van der Waals surface area contributed by atoms with Crippen molar-refractivity contribution in [1.82, 2.24) is 15.3 Å². The second-order valence-electron chi connectivity index (χ2n) is 4.32. The van der Waals surface area contributed by atoms with Crippen LogP contribution < -0.4 is 14.8 Å². The molecule has 2 aromatic rings. The van der Waals surface area contributed by atoms with Gasteiger partial charge in [0.05, 0.1) is 19.8 Å². The van der Waals surface area contributed by atoms with Gasteiger partial charge in [-0.2, -0.15) is 0 Å². The van der Waals surface area contributed by atoms with E-state index < -0.39 is 0 Å². The summed E-state index contributed by atoms with van der Waals surface area (Å²) < 4.78 is 10.3. The normalized spacial score (nSPS) is 10.0. The summed E-state index contributed by atoms with van der Waals surface area (Å²) >= 11 is 0. The van der Waals surface area contributed by atoms with Crippen LogP contribution in [0.15, 0.2) is 36.9 Å². The number of nitrogens with one attached hydrogen (secondary N) is 1. The number of benzene rings is 1. The quantitative estimate of drug-likeness (QED) is 0.871. The molecule has 0 aliphatic carbocycles. The minimum Gasteiger partial charge on any atom is -0.497 e. The van der Waals surface area contributed by atoms with Crippen LogP contribution in [0.4, 0.5) is 0 Å². The van der Waals surface area contributed by atoms with Gasteiger partial charge in [-0.1, -0.05) is 0 Å². The topological polar surface area (TPSA) is 73.3 Å². The van der Waals surface area contributed by atoms with Crippen molar-refractivity contribution in [3.8, 4) is 11.5 Å². The summed E-state index contributed by atoms with van der Waals surface area (Å²) in [7, 11) is 3.09. The Hall–Kier alpha value is -2.63. The zero-order valence-corrected chi connectivity index (χ0v) is 12.0. The first-order valence-electron chi connectivity index (χ1n) is 6.48. The fourth-order valence-corrected chi connectivity index (χ4v) is 1.86. The van der Waals surface area contributed by atoms with E-state index in [1.165, 1.54) is 13.4 Å². The molecule has 2 rings (SSSR count).